The Hall–Kier alpha value is -1.62. The summed E-state index contributed by atoms with van der Waals surface area (Å²) in [6, 6.07) is 5.34. The molecule has 1 aromatic rings. The first kappa shape index (κ1) is 15.8. The maximum atomic E-state index is 14.3. The molecule has 0 aromatic heterocycles. The molecule has 0 saturated carbocycles. The molecule has 2 N–H and O–H groups in total. The molecule has 0 aliphatic carbocycles. The summed E-state index contributed by atoms with van der Waals surface area (Å²) in [5.41, 5.74) is 1.08. The highest BCUT2D eigenvalue weighted by Gasteiger charge is 2.40. The van der Waals surface area contributed by atoms with Gasteiger partial charge in [-0.2, -0.15) is 0 Å². The molecule has 1 atom stereocenters. The van der Waals surface area contributed by atoms with Crippen molar-refractivity contribution >= 4 is 11.6 Å². The molecule has 0 spiro atoms. The van der Waals surface area contributed by atoms with E-state index < -0.39 is 5.41 Å². The number of nitrogens with zero attached hydrogens (tertiary/aromatic N) is 1. The Bertz CT molecular complexity index is 520. The summed E-state index contributed by atoms with van der Waals surface area (Å²) in [4.78, 5) is 13.9. The lowest BCUT2D eigenvalue weighted by Gasteiger charge is -2.24. The molecule has 4 nitrogen and oxygen atoms in total. The molecule has 1 amide bonds. The smallest absolute Gasteiger partial charge is 0.227 e. The Morgan fingerprint density at radius 1 is 1.48 bits per heavy atom. The van der Waals surface area contributed by atoms with Crippen molar-refractivity contribution in [3.8, 4) is 0 Å². The van der Waals surface area contributed by atoms with Crippen molar-refractivity contribution in [3.63, 3.8) is 0 Å². The van der Waals surface area contributed by atoms with Crippen LogP contribution in [0, 0.1) is 11.2 Å². The number of amides is 1. The van der Waals surface area contributed by atoms with Crippen LogP contribution in [0.5, 0.6) is 0 Å². The minimum absolute atomic E-state index is 0.0224. The zero-order valence-corrected chi connectivity index (χ0v) is 13.0. The quantitative estimate of drug-likeness (QED) is 0.871. The van der Waals surface area contributed by atoms with Crippen LogP contribution < -0.4 is 15.5 Å². The lowest BCUT2D eigenvalue weighted by Crippen LogP contribution is -2.39. The van der Waals surface area contributed by atoms with Crippen LogP contribution in [-0.2, 0) is 11.3 Å². The van der Waals surface area contributed by atoms with Crippen molar-refractivity contribution < 1.29 is 9.18 Å². The van der Waals surface area contributed by atoms with Gasteiger partial charge in [0.15, 0.2) is 0 Å². The fraction of sp³-hybridized carbons (Fsp3) is 0.562. The monoisotopic (exact) mass is 293 g/mol. The molecule has 1 aromatic carbocycles. The summed E-state index contributed by atoms with van der Waals surface area (Å²) < 4.78 is 14.3. The van der Waals surface area contributed by atoms with Gasteiger partial charge in [0.2, 0.25) is 5.91 Å². The number of nitrogens with one attached hydrogen (secondary N) is 2. The van der Waals surface area contributed by atoms with E-state index in [1.807, 2.05) is 30.9 Å². The third-order valence-electron chi connectivity index (χ3n) is 4.18. The summed E-state index contributed by atoms with van der Waals surface area (Å²) >= 11 is 0. The second-order valence-corrected chi connectivity index (χ2v) is 5.88. The van der Waals surface area contributed by atoms with E-state index in [9.17, 15) is 9.18 Å². The van der Waals surface area contributed by atoms with Gasteiger partial charge in [-0.25, -0.2) is 4.39 Å². The minimum atomic E-state index is -0.441. The molecule has 1 aliphatic heterocycles. The van der Waals surface area contributed by atoms with Crippen LogP contribution in [0.2, 0.25) is 0 Å². The van der Waals surface area contributed by atoms with Crippen molar-refractivity contribution in [2.45, 2.75) is 26.8 Å². The van der Waals surface area contributed by atoms with Crippen LogP contribution >= 0.6 is 0 Å². The Morgan fingerprint density at radius 3 is 2.86 bits per heavy atom. The highest BCUT2D eigenvalue weighted by atomic mass is 19.1. The molecule has 1 saturated heterocycles. The SMILES string of the molecule is CCNCc1ccc(N2CCC(C)(C(=O)NC)C2)c(F)c1. The molecule has 116 valence electrons. The average Bonchev–Trinajstić information content (AvgIpc) is 2.87. The van der Waals surface area contributed by atoms with Crippen LogP contribution in [-0.4, -0.2) is 32.6 Å². The highest BCUT2D eigenvalue weighted by molar-refractivity contribution is 5.83. The third kappa shape index (κ3) is 3.35. The molecule has 2 rings (SSSR count). The van der Waals surface area contributed by atoms with Gasteiger partial charge >= 0.3 is 0 Å². The molecule has 0 radical (unpaired) electrons. The molecule has 1 aliphatic rings. The highest BCUT2D eigenvalue weighted by Crippen LogP contribution is 2.34. The fourth-order valence-electron chi connectivity index (χ4n) is 2.84. The van der Waals surface area contributed by atoms with Crippen LogP contribution in [0.15, 0.2) is 18.2 Å². The van der Waals surface area contributed by atoms with Crippen LogP contribution in [0.3, 0.4) is 0 Å². The predicted octanol–water partition coefficient (Wildman–Crippen LogP) is 1.90. The largest absolute Gasteiger partial charge is 0.368 e. The Balaban J connectivity index is 2.11. The number of rotatable bonds is 5. The molecular formula is C16H24FN3O. The molecule has 1 unspecified atom stereocenters. The van der Waals surface area contributed by atoms with E-state index in [-0.39, 0.29) is 11.7 Å². The van der Waals surface area contributed by atoms with Gasteiger partial charge < -0.3 is 15.5 Å². The van der Waals surface area contributed by atoms with Gasteiger partial charge in [-0.15, -0.1) is 0 Å². The van der Waals surface area contributed by atoms with E-state index >= 15 is 0 Å². The van der Waals surface area contributed by atoms with Gasteiger partial charge in [-0.3, -0.25) is 4.79 Å². The number of carbonyl (C=O) groups is 1. The minimum Gasteiger partial charge on any atom is -0.368 e. The molecule has 1 heterocycles. The zero-order chi connectivity index (χ0) is 15.5. The second-order valence-electron chi connectivity index (χ2n) is 5.88. The number of hydrogen-bond donors (Lipinski definition) is 2. The number of carbonyl (C=O) groups excluding carboxylic acids is 1. The second kappa shape index (κ2) is 6.43. The maximum Gasteiger partial charge on any atom is 0.227 e. The fourth-order valence-corrected chi connectivity index (χ4v) is 2.84. The van der Waals surface area contributed by atoms with E-state index in [0.717, 1.165) is 18.5 Å². The maximum absolute atomic E-state index is 14.3. The lowest BCUT2D eigenvalue weighted by atomic mass is 9.89. The Morgan fingerprint density at radius 2 is 2.24 bits per heavy atom. The number of benzene rings is 1. The number of anilines is 1. The normalized spacial score (nSPS) is 21.6. The van der Waals surface area contributed by atoms with Gasteiger partial charge in [0.25, 0.3) is 0 Å². The van der Waals surface area contributed by atoms with Crippen LogP contribution in [0.4, 0.5) is 10.1 Å². The first-order valence-electron chi connectivity index (χ1n) is 7.46. The molecular weight excluding hydrogens is 269 g/mol. The van der Waals surface area contributed by atoms with Crippen molar-refractivity contribution in [3.05, 3.63) is 29.6 Å². The van der Waals surface area contributed by atoms with Crippen molar-refractivity contribution in [1.29, 1.82) is 0 Å². The van der Waals surface area contributed by atoms with E-state index in [0.29, 0.717) is 25.3 Å². The number of halogens is 1. The van der Waals surface area contributed by atoms with Gasteiger partial charge in [-0.1, -0.05) is 13.0 Å². The van der Waals surface area contributed by atoms with Gasteiger partial charge in [0, 0.05) is 26.7 Å². The van der Waals surface area contributed by atoms with Gasteiger partial charge in [-0.05, 0) is 37.6 Å². The molecule has 5 heteroatoms. The number of hydrogen-bond acceptors (Lipinski definition) is 3. The van der Waals surface area contributed by atoms with Crippen molar-refractivity contribution in [2.24, 2.45) is 5.41 Å². The summed E-state index contributed by atoms with van der Waals surface area (Å²) in [6.07, 6.45) is 0.741. The standard InChI is InChI=1S/C16H24FN3O/c1-4-19-10-12-5-6-14(13(17)9-12)20-8-7-16(2,11-20)15(21)18-3/h5-6,9,19H,4,7-8,10-11H2,1-3H3,(H,18,21). The molecule has 21 heavy (non-hydrogen) atoms. The topological polar surface area (TPSA) is 44.4 Å². The zero-order valence-electron chi connectivity index (χ0n) is 13.0. The van der Waals surface area contributed by atoms with Crippen molar-refractivity contribution in [2.75, 3.05) is 31.6 Å². The molecule has 0 bridgehead atoms. The predicted molar refractivity (Wildman–Crippen MR) is 82.8 cm³/mol. The first-order valence-corrected chi connectivity index (χ1v) is 7.46. The first-order chi connectivity index (χ1) is 10.00. The van der Waals surface area contributed by atoms with E-state index in [1.165, 1.54) is 0 Å². The third-order valence-corrected chi connectivity index (χ3v) is 4.18. The van der Waals surface area contributed by atoms with E-state index in [1.54, 1.807) is 13.1 Å². The molecule has 1 fully saturated rings. The van der Waals surface area contributed by atoms with Gasteiger partial charge in [0.05, 0.1) is 11.1 Å². The summed E-state index contributed by atoms with van der Waals surface area (Å²) in [5.74, 6) is -0.194. The summed E-state index contributed by atoms with van der Waals surface area (Å²) in [6.45, 7) is 6.74. The Labute approximate surface area is 125 Å². The van der Waals surface area contributed by atoms with Crippen molar-refractivity contribution in [1.82, 2.24) is 10.6 Å². The van der Waals surface area contributed by atoms with E-state index in [4.69, 9.17) is 0 Å². The average molecular weight is 293 g/mol. The van der Waals surface area contributed by atoms with E-state index in [2.05, 4.69) is 10.6 Å². The lowest BCUT2D eigenvalue weighted by molar-refractivity contribution is -0.128. The van der Waals surface area contributed by atoms with Crippen LogP contribution in [0.25, 0.3) is 0 Å². The van der Waals surface area contributed by atoms with Crippen LogP contribution in [0.1, 0.15) is 25.8 Å². The Kier molecular flexibility index (Phi) is 4.83. The summed E-state index contributed by atoms with van der Waals surface area (Å²) in [7, 11) is 1.65. The summed E-state index contributed by atoms with van der Waals surface area (Å²) in [5, 5.41) is 5.88. The van der Waals surface area contributed by atoms with Gasteiger partial charge in [0.1, 0.15) is 5.82 Å².